The van der Waals surface area contributed by atoms with Crippen molar-refractivity contribution in [1.29, 1.82) is 0 Å². The van der Waals surface area contributed by atoms with Crippen LogP contribution >= 0.6 is 0 Å². The molecule has 6 rings (SSSR count). The number of sulfone groups is 1. The van der Waals surface area contributed by atoms with Crippen molar-refractivity contribution in [3.8, 4) is 0 Å². The molecule has 0 radical (unpaired) electrons. The molecule has 4 atom stereocenters. The van der Waals surface area contributed by atoms with E-state index in [-0.39, 0.29) is 24.4 Å². The van der Waals surface area contributed by atoms with Crippen LogP contribution in [0, 0.1) is 0 Å². The van der Waals surface area contributed by atoms with Crippen molar-refractivity contribution in [2.75, 3.05) is 37.9 Å². The van der Waals surface area contributed by atoms with Gasteiger partial charge in [-0.15, -0.1) is 0 Å². The van der Waals surface area contributed by atoms with Crippen LogP contribution in [-0.2, 0) is 80.2 Å². The number of anilines is 2. The van der Waals surface area contributed by atoms with Crippen LogP contribution in [0.3, 0.4) is 0 Å². The minimum Gasteiger partial charge on any atom is -0.398 e. The highest BCUT2D eigenvalue weighted by molar-refractivity contribution is 7.91. The zero-order valence-corrected chi connectivity index (χ0v) is 25.6. The minimum absolute atomic E-state index is 0.00800. The highest BCUT2D eigenvalue weighted by atomic mass is 32.2. The van der Waals surface area contributed by atoms with Gasteiger partial charge in [0.05, 0.1) is 60.6 Å². The van der Waals surface area contributed by atoms with E-state index < -0.39 is 9.84 Å². The van der Waals surface area contributed by atoms with Crippen LogP contribution in [0.25, 0.3) is 0 Å². The number of nitrogens with two attached hydrogens (primary N) is 2. The zero-order valence-electron chi connectivity index (χ0n) is 24.8. The Morgan fingerprint density at radius 2 is 0.732 bits per heavy atom. The summed E-state index contributed by atoms with van der Waals surface area (Å²) in [6.07, 6.45) is 4.75. The first-order valence-corrected chi connectivity index (χ1v) is 16.8. The van der Waals surface area contributed by atoms with Gasteiger partial charge in [-0.05, 0) is 70.2 Å². The molecule has 4 heterocycles. The molecule has 4 unspecified atom stereocenters. The van der Waals surface area contributed by atoms with Crippen molar-refractivity contribution in [1.82, 2.24) is 0 Å². The van der Waals surface area contributed by atoms with Crippen molar-refractivity contribution in [3.63, 3.8) is 0 Å². The Hall–Kier alpha value is -2.17. The van der Waals surface area contributed by atoms with Gasteiger partial charge in [0.2, 0.25) is 9.84 Å². The Kier molecular flexibility index (Phi) is 7.87. The third kappa shape index (κ3) is 5.52. The number of rotatable bonds is 14. The summed E-state index contributed by atoms with van der Waals surface area (Å²) < 4.78 is 53.8. The molecule has 224 valence electrons. The fourth-order valence-electron chi connectivity index (χ4n) is 6.81. The Morgan fingerprint density at radius 3 is 0.902 bits per heavy atom. The summed E-state index contributed by atoms with van der Waals surface area (Å²) in [5.41, 5.74) is 22.1. The Morgan fingerprint density at radius 1 is 0.512 bits per heavy atom. The minimum atomic E-state index is -4.03. The molecule has 4 saturated heterocycles. The van der Waals surface area contributed by atoms with E-state index in [1.807, 2.05) is 0 Å². The first-order valence-electron chi connectivity index (χ1n) is 15.3. The predicted molar refractivity (Wildman–Crippen MR) is 158 cm³/mol. The molecular weight excluding hydrogens is 540 g/mol. The molecule has 4 aliphatic heterocycles. The zero-order chi connectivity index (χ0) is 29.1. The number of hydrogen-bond acceptors (Lipinski definition) is 8. The van der Waals surface area contributed by atoms with Crippen LogP contribution in [0.5, 0.6) is 0 Å². The highest BCUT2D eigenvalue weighted by Crippen LogP contribution is 2.45. The lowest BCUT2D eigenvalue weighted by Gasteiger charge is -2.28. The van der Waals surface area contributed by atoms with Gasteiger partial charge in [-0.25, -0.2) is 8.42 Å². The summed E-state index contributed by atoms with van der Waals surface area (Å²) in [5.74, 6) is 0. The SMILES string of the molecule is CCc1c(N)c(CC)c(CC2CO2)c(S(=O)(=O)c2c(CC3CO3)c(CC)c(N)c(CC)c2CC2CO2)c1CC1CO1. The van der Waals surface area contributed by atoms with Gasteiger partial charge in [0.1, 0.15) is 0 Å². The maximum absolute atomic E-state index is 15.6. The summed E-state index contributed by atoms with van der Waals surface area (Å²) in [7, 11) is -4.03. The standard InChI is InChI=1S/C32H44N2O6S/c1-5-21-25(9-17-13-37-17)31(26(10-18-14-38-18)22(6-2)29(21)33)41(35,36)32-27(11-19-15-39-19)23(7-3)30(34)24(8-4)28(32)12-20-16-40-20/h17-20H,5-16,33-34H2,1-4H3. The maximum atomic E-state index is 15.6. The number of epoxide rings is 4. The third-order valence-electron chi connectivity index (χ3n) is 9.14. The number of nitrogen functional groups attached to an aromatic ring is 2. The third-order valence-corrected chi connectivity index (χ3v) is 11.2. The summed E-state index contributed by atoms with van der Waals surface area (Å²) in [5, 5.41) is 0. The predicted octanol–water partition coefficient (Wildman–Crippen LogP) is 3.70. The van der Waals surface area contributed by atoms with Crippen molar-refractivity contribution in [3.05, 3.63) is 44.5 Å². The summed E-state index contributed by atoms with van der Waals surface area (Å²) in [6, 6.07) is 0. The molecule has 0 aliphatic carbocycles. The van der Waals surface area contributed by atoms with Crippen molar-refractivity contribution in [2.45, 2.75) is 113 Å². The van der Waals surface area contributed by atoms with E-state index in [4.69, 9.17) is 30.4 Å². The summed E-state index contributed by atoms with van der Waals surface area (Å²) in [6.45, 7) is 10.8. The molecule has 0 amide bonds. The lowest BCUT2D eigenvalue weighted by Crippen LogP contribution is -2.23. The molecule has 4 N–H and O–H groups in total. The molecule has 41 heavy (non-hydrogen) atoms. The van der Waals surface area contributed by atoms with Crippen LogP contribution in [0.15, 0.2) is 9.79 Å². The van der Waals surface area contributed by atoms with E-state index in [1.165, 1.54) is 0 Å². The van der Waals surface area contributed by atoms with Gasteiger partial charge in [-0.2, -0.15) is 0 Å². The molecule has 9 heteroatoms. The summed E-state index contributed by atoms with van der Waals surface area (Å²) >= 11 is 0. The Labute approximate surface area is 244 Å². The molecule has 0 bridgehead atoms. The van der Waals surface area contributed by atoms with Gasteiger partial charge in [-0.3, -0.25) is 0 Å². The van der Waals surface area contributed by atoms with Crippen molar-refractivity contribution < 1.29 is 27.4 Å². The van der Waals surface area contributed by atoms with Crippen LogP contribution in [0.2, 0.25) is 0 Å². The van der Waals surface area contributed by atoms with E-state index in [9.17, 15) is 0 Å². The second kappa shape index (κ2) is 11.2. The molecule has 0 aromatic heterocycles. The number of ether oxygens (including phenoxy) is 4. The van der Waals surface area contributed by atoms with E-state index in [0.29, 0.717) is 87.6 Å². The maximum Gasteiger partial charge on any atom is 0.207 e. The average Bonchev–Trinajstić information content (AvgIpc) is 3.72. The Bertz CT molecular complexity index is 1260. The van der Waals surface area contributed by atoms with Crippen LogP contribution in [0.4, 0.5) is 11.4 Å². The largest absolute Gasteiger partial charge is 0.398 e. The van der Waals surface area contributed by atoms with Gasteiger partial charge in [0, 0.05) is 37.1 Å². The molecule has 2 aromatic rings. The first kappa shape index (κ1) is 28.9. The topological polar surface area (TPSA) is 136 Å². The van der Waals surface area contributed by atoms with Crippen molar-refractivity contribution in [2.24, 2.45) is 0 Å². The van der Waals surface area contributed by atoms with Crippen LogP contribution in [-0.4, -0.2) is 59.3 Å². The first-order chi connectivity index (χ1) is 19.7. The molecule has 8 nitrogen and oxygen atoms in total. The smallest absolute Gasteiger partial charge is 0.207 e. The quantitative estimate of drug-likeness (QED) is 0.253. The fourth-order valence-corrected chi connectivity index (χ4v) is 9.14. The average molecular weight is 585 g/mol. The lowest BCUT2D eigenvalue weighted by molar-refractivity contribution is 0.403. The second-order valence-corrected chi connectivity index (χ2v) is 13.7. The van der Waals surface area contributed by atoms with E-state index in [0.717, 1.165) is 55.9 Å². The summed E-state index contributed by atoms with van der Waals surface area (Å²) in [4.78, 5) is 0.854. The molecule has 4 fully saturated rings. The number of hydrogen-bond donors (Lipinski definition) is 2. The fraction of sp³-hybridized carbons (Fsp3) is 0.625. The van der Waals surface area contributed by atoms with Gasteiger partial charge >= 0.3 is 0 Å². The van der Waals surface area contributed by atoms with Gasteiger partial charge < -0.3 is 30.4 Å². The van der Waals surface area contributed by atoms with Gasteiger partial charge in [-0.1, -0.05) is 27.7 Å². The van der Waals surface area contributed by atoms with Crippen LogP contribution < -0.4 is 11.5 Å². The van der Waals surface area contributed by atoms with Gasteiger partial charge in [0.25, 0.3) is 0 Å². The van der Waals surface area contributed by atoms with E-state index >= 15 is 8.42 Å². The highest BCUT2D eigenvalue weighted by Gasteiger charge is 2.41. The molecular formula is C32H44N2O6S. The molecule has 0 saturated carbocycles. The van der Waals surface area contributed by atoms with E-state index in [1.54, 1.807) is 0 Å². The normalized spacial score (nSPS) is 24.5. The molecule has 2 aromatic carbocycles. The Balaban J connectivity index is 1.70. The van der Waals surface area contributed by atoms with E-state index in [2.05, 4.69) is 27.7 Å². The second-order valence-electron chi connectivity index (χ2n) is 11.9. The monoisotopic (exact) mass is 584 g/mol. The molecule has 0 spiro atoms. The van der Waals surface area contributed by atoms with Crippen molar-refractivity contribution >= 4 is 21.2 Å². The molecule has 4 aliphatic rings. The van der Waals surface area contributed by atoms with Gasteiger partial charge in [0.15, 0.2) is 0 Å². The number of benzene rings is 2. The van der Waals surface area contributed by atoms with Crippen LogP contribution in [0.1, 0.15) is 72.2 Å². The lowest BCUT2D eigenvalue weighted by atomic mass is 9.88.